The molecular formula is C18H16ClN3O2. The summed E-state index contributed by atoms with van der Waals surface area (Å²) in [4.78, 5) is 23.7. The number of carbonyl (C=O) groups is 2. The lowest BCUT2D eigenvalue weighted by molar-refractivity contribution is -0.122. The van der Waals surface area contributed by atoms with Crippen LogP contribution < -0.4 is 10.7 Å². The molecular weight excluding hydrogens is 326 g/mol. The summed E-state index contributed by atoms with van der Waals surface area (Å²) in [5.41, 5.74) is 4.31. The molecule has 2 N–H and O–H groups in total. The van der Waals surface area contributed by atoms with Crippen LogP contribution in [-0.2, 0) is 4.79 Å². The molecule has 0 saturated heterocycles. The molecule has 2 aromatic carbocycles. The summed E-state index contributed by atoms with van der Waals surface area (Å²) in [7, 11) is 0. The van der Waals surface area contributed by atoms with E-state index in [0.29, 0.717) is 16.3 Å². The maximum Gasteiger partial charge on any atom is 0.257 e. The molecule has 1 fully saturated rings. The molecule has 0 bridgehead atoms. The van der Waals surface area contributed by atoms with E-state index in [1.165, 1.54) is 0 Å². The molecule has 24 heavy (non-hydrogen) atoms. The maximum atomic E-state index is 12.2. The third kappa shape index (κ3) is 4.20. The molecule has 122 valence electrons. The highest BCUT2D eigenvalue weighted by Crippen LogP contribution is 2.28. The van der Waals surface area contributed by atoms with E-state index in [9.17, 15) is 9.59 Å². The van der Waals surface area contributed by atoms with Gasteiger partial charge in [0.25, 0.3) is 5.91 Å². The van der Waals surface area contributed by atoms with Crippen LogP contribution in [0.15, 0.2) is 53.6 Å². The van der Waals surface area contributed by atoms with E-state index in [1.807, 2.05) is 6.07 Å². The molecule has 0 atom stereocenters. The zero-order chi connectivity index (χ0) is 16.9. The topological polar surface area (TPSA) is 70.6 Å². The average Bonchev–Trinajstić information content (AvgIpc) is 3.40. The first-order chi connectivity index (χ1) is 11.6. The Hall–Kier alpha value is -2.66. The number of anilines is 1. The van der Waals surface area contributed by atoms with Crippen molar-refractivity contribution in [2.75, 3.05) is 5.32 Å². The van der Waals surface area contributed by atoms with Gasteiger partial charge in [-0.15, -0.1) is 0 Å². The Balaban J connectivity index is 1.64. The van der Waals surface area contributed by atoms with Crippen molar-refractivity contribution in [2.24, 2.45) is 11.0 Å². The SMILES string of the molecule is O=C(Nc1cccc(/C=N\NC(=O)C2CC2)c1)c1ccccc1Cl. The van der Waals surface area contributed by atoms with Gasteiger partial charge in [0.1, 0.15) is 0 Å². The number of benzene rings is 2. The van der Waals surface area contributed by atoms with E-state index in [1.54, 1.807) is 48.7 Å². The first-order valence-corrected chi connectivity index (χ1v) is 8.00. The second-order valence-corrected chi connectivity index (χ2v) is 5.98. The Kier molecular flexibility index (Phi) is 4.91. The van der Waals surface area contributed by atoms with Gasteiger partial charge in [-0.25, -0.2) is 5.43 Å². The number of amides is 2. The molecule has 0 radical (unpaired) electrons. The summed E-state index contributed by atoms with van der Waals surface area (Å²) in [6, 6.07) is 14.0. The molecule has 0 aliphatic heterocycles. The third-order valence-corrected chi connectivity index (χ3v) is 3.93. The summed E-state index contributed by atoms with van der Waals surface area (Å²) in [5.74, 6) is -0.213. The van der Waals surface area contributed by atoms with Gasteiger partial charge in [-0.1, -0.05) is 35.9 Å². The molecule has 0 heterocycles. The van der Waals surface area contributed by atoms with Crippen molar-refractivity contribution in [1.29, 1.82) is 0 Å². The number of nitrogens with one attached hydrogen (secondary N) is 2. The highest BCUT2D eigenvalue weighted by Gasteiger charge is 2.29. The highest BCUT2D eigenvalue weighted by atomic mass is 35.5. The second-order valence-electron chi connectivity index (χ2n) is 5.57. The van der Waals surface area contributed by atoms with E-state index >= 15 is 0 Å². The van der Waals surface area contributed by atoms with Gasteiger partial charge >= 0.3 is 0 Å². The average molecular weight is 342 g/mol. The first-order valence-electron chi connectivity index (χ1n) is 7.62. The number of halogens is 1. The second kappa shape index (κ2) is 7.27. The van der Waals surface area contributed by atoms with Crippen LogP contribution >= 0.6 is 11.6 Å². The number of rotatable bonds is 5. The van der Waals surface area contributed by atoms with Crippen LogP contribution in [0.2, 0.25) is 5.02 Å². The van der Waals surface area contributed by atoms with Crippen LogP contribution in [0.4, 0.5) is 5.69 Å². The smallest absolute Gasteiger partial charge is 0.257 e. The molecule has 1 saturated carbocycles. The van der Waals surface area contributed by atoms with E-state index < -0.39 is 0 Å². The van der Waals surface area contributed by atoms with Crippen LogP contribution in [-0.4, -0.2) is 18.0 Å². The van der Waals surface area contributed by atoms with E-state index in [0.717, 1.165) is 18.4 Å². The third-order valence-electron chi connectivity index (χ3n) is 3.60. The standard InChI is InChI=1S/C18H16ClN3O2/c19-16-7-2-1-6-15(16)18(24)21-14-5-3-4-12(10-14)11-20-22-17(23)13-8-9-13/h1-7,10-11,13H,8-9H2,(H,21,24)(H,22,23)/b20-11-. The minimum atomic E-state index is -0.281. The summed E-state index contributed by atoms with van der Waals surface area (Å²) in [6.07, 6.45) is 3.42. The monoisotopic (exact) mass is 341 g/mol. The molecule has 1 aliphatic carbocycles. The lowest BCUT2D eigenvalue weighted by Crippen LogP contribution is -2.19. The maximum absolute atomic E-state index is 12.2. The van der Waals surface area contributed by atoms with Gasteiger partial charge in [-0.05, 0) is 42.7 Å². The highest BCUT2D eigenvalue weighted by molar-refractivity contribution is 6.34. The van der Waals surface area contributed by atoms with Crippen LogP contribution in [0.5, 0.6) is 0 Å². The minimum absolute atomic E-state index is 0.0468. The van der Waals surface area contributed by atoms with Crippen molar-refractivity contribution in [3.63, 3.8) is 0 Å². The normalized spacial score (nSPS) is 13.7. The zero-order valence-electron chi connectivity index (χ0n) is 12.8. The van der Waals surface area contributed by atoms with Crippen LogP contribution in [0, 0.1) is 5.92 Å². The van der Waals surface area contributed by atoms with E-state index in [4.69, 9.17) is 11.6 Å². The minimum Gasteiger partial charge on any atom is -0.322 e. The van der Waals surface area contributed by atoms with Gasteiger partial charge in [-0.2, -0.15) is 5.10 Å². The Morgan fingerprint density at radius 1 is 1.12 bits per heavy atom. The van der Waals surface area contributed by atoms with Crippen molar-refractivity contribution in [1.82, 2.24) is 5.43 Å². The predicted molar refractivity (Wildman–Crippen MR) is 94.3 cm³/mol. The summed E-state index contributed by atoms with van der Waals surface area (Å²) in [5, 5.41) is 7.13. The van der Waals surface area contributed by atoms with Gasteiger partial charge < -0.3 is 5.32 Å². The fourth-order valence-corrected chi connectivity index (χ4v) is 2.37. The number of carbonyl (C=O) groups excluding carboxylic acids is 2. The lowest BCUT2D eigenvalue weighted by atomic mass is 10.2. The van der Waals surface area contributed by atoms with Gasteiger partial charge in [0.05, 0.1) is 16.8 Å². The first kappa shape index (κ1) is 16.2. The molecule has 3 rings (SSSR count). The van der Waals surface area contributed by atoms with Gasteiger partial charge in [0, 0.05) is 11.6 Å². The Morgan fingerprint density at radius 3 is 2.67 bits per heavy atom. The molecule has 0 aromatic heterocycles. The van der Waals surface area contributed by atoms with Crippen molar-refractivity contribution in [2.45, 2.75) is 12.8 Å². The number of hydrogen-bond acceptors (Lipinski definition) is 3. The van der Waals surface area contributed by atoms with Crippen molar-refractivity contribution >= 4 is 35.3 Å². The molecule has 6 heteroatoms. The summed E-state index contributed by atoms with van der Waals surface area (Å²) in [6.45, 7) is 0. The lowest BCUT2D eigenvalue weighted by Gasteiger charge is -2.07. The largest absolute Gasteiger partial charge is 0.322 e. The van der Waals surface area contributed by atoms with Crippen LogP contribution in [0.3, 0.4) is 0 Å². The Bertz CT molecular complexity index is 800. The van der Waals surface area contributed by atoms with Gasteiger partial charge in [-0.3, -0.25) is 9.59 Å². The molecule has 2 aromatic rings. The van der Waals surface area contributed by atoms with Crippen LogP contribution in [0.1, 0.15) is 28.8 Å². The van der Waals surface area contributed by atoms with Crippen molar-refractivity contribution in [3.05, 3.63) is 64.7 Å². The molecule has 5 nitrogen and oxygen atoms in total. The summed E-state index contributed by atoms with van der Waals surface area (Å²) < 4.78 is 0. The molecule has 0 unspecified atom stereocenters. The summed E-state index contributed by atoms with van der Waals surface area (Å²) >= 11 is 6.02. The molecule has 2 amide bonds. The predicted octanol–water partition coefficient (Wildman–Crippen LogP) is 3.45. The Morgan fingerprint density at radius 2 is 1.92 bits per heavy atom. The van der Waals surface area contributed by atoms with Crippen LogP contribution in [0.25, 0.3) is 0 Å². The van der Waals surface area contributed by atoms with E-state index in [-0.39, 0.29) is 17.7 Å². The van der Waals surface area contributed by atoms with Gasteiger partial charge in [0.15, 0.2) is 0 Å². The van der Waals surface area contributed by atoms with E-state index in [2.05, 4.69) is 15.8 Å². The van der Waals surface area contributed by atoms with Gasteiger partial charge in [0.2, 0.25) is 5.91 Å². The molecule has 0 spiro atoms. The van der Waals surface area contributed by atoms with Crippen molar-refractivity contribution in [3.8, 4) is 0 Å². The zero-order valence-corrected chi connectivity index (χ0v) is 13.6. The number of hydrazone groups is 1. The number of nitrogens with zero attached hydrogens (tertiary/aromatic N) is 1. The Labute approximate surface area is 144 Å². The van der Waals surface area contributed by atoms with Crippen molar-refractivity contribution < 1.29 is 9.59 Å². The number of hydrogen-bond donors (Lipinski definition) is 2. The molecule has 1 aliphatic rings. The fraction of sp³-hybridized carbons (Fsp3) is 0.167. The fourth-order valence-electron chi connectivity index (χ4n) is 2.15. The quantitative estimate of drug-likeness (QED) is 0.646.